The number of hydrogen-bond donors (Lipinski definition) is 2. The number of para-hydroxylation sites is 1. The van der Waals surface area contributed by atoms with Crippen LogP contribution in [0.15, 0.2) is 48.5 Å². The fraction of sp³-hybridized carbons (Fsp3) is 0.348. The zero-order valence-electron chi connectivity index (χ0n) is 17.6. The quantitative estimate of drug-likeness (QED) is 0.709. The van der Waals surface area contributed by atoms with Crippen LogP contribution in [0, 0.1) is 5.82 Å². The third-order valence-corrected chi connectivity index (χ3v) is 5.25. The second-order valence-corrected chi connectivity index (χ2v) is 7.41. The fourth-order valence-corrected chi connectivity index (χ4v) is 3.50. The van der Waals surface area contributed by atoms with Crippen molar-refractivity contribution in [3.8, 4) is 0 Å². The van der Waals surface area contributed by atoms with Crippen molar-refractivity contribution in [1.29, 1.82) is 0 Å². The van der Waals surface area contributed by atoms with E-state index in [0.717, 1.165) is 23.7 Å². The Morgan fingerprint density at radius 2 is 1.74 bits per heavy atom. The highest BCUT2D eigenvalue weighted by molar-refractivity contribution is 5.96. The molecule has 2 aromatic carbocycles. The number of nitrogens with one attached hydrogen (secondary N) is 2. The van der Waals surface area contributed by atoms with Gasteiger partial charge >= 0.3 is 0 Å². The largest absolute Gasteiger partial charge is 0.343 e. The Bertz CT molecular complexity index is 942. The summed E-state index contributed by atoms with van der Waals surface area (Å²) in [4.78, 5) is 40.5. The smallest absolute Gasteiger partial charge is 0.251 e. The molecule has 3 amide bonds. The second kappa shape index (κ2) is 10.7. The van der Waals surface area contributed by atoms with Gasteiger partial charge in [-0.05, 0) is 36.2 Å². The molecule has 0 radical (unpaired) electrons. The van der Waals surface area contributed by atoms with Gasteiger partial charge in [-0.2, -0.15) is 0 Å². The van der Waals surface area contributed by atoms with Crippen LogP contribution >= 0.6 is 0 Å². The minimum Gasteiger partial charge on any atom is -0.343 e. The van der Waals surface area contributed by atoms with Gasteiger partial charge in [0.05, 0.1) is 13.1 Å². The average molecular weight is 426 g/mol. The predicted octanol–water partition coefficient (Wildman–Crippen LogP) is 1.90. The highest BCUT2D eigenvalue weighted by atomic mass is 19.1. The lowest BCUT2D eigenvalue weighted by Gasteiger charge is -2.34. The van der Waals surface area contributed by atoms with Gasteiger partial charge in [-0.1, -0.05) is 31.2 Å². The van der Waals surface area contributed by atoms with Crippen molar-refractivity contribution in [2.75, 3.05) is 44.6 Å². The highest BCUT2D eigenvalue weighted by Crippen LogP contribution is 2.15. The number of rotatable bonds is 7. The minimum atomic E-state index is -0.502. The molecule has 1 heterocycles. The molecule has 7 nitrogen and oxygen atoms in total. The number of aryl methyl sites for hydroxylation is 1. The lowest BCUT2D eigenvalue weighted by atomic mass is 10.1. The van der Waals surface area contributed by atoms with E-state index < -0.39 is 11.7 Å². The Morgan fingerprint density at radius 3 is 2.45 bits per heavy atom. The van der Waals surface area contributed by atoms with E-state index in [1.807, 2.05) is 36.1 Å². The van der Waals surface area contributed by atoms with Gasteiger partial charge in [-0.15, -0.1) is 0 Å². The monoisotopic (exact) mass is 426 g/mol. The van der Waals surface area contributed by atoms with Crippen molar-refractivity contribution >= 4 is 23.4 Å². The Balaban J connectivity index is 1.41. The van der Waals surface area contributed by atoms with Gasteiger partial charge in [0.25, 0.3) is 5.91 Å². The number of amides is 3. The third-order valence-electron chi connectivity index (χ3n) is 5.25. The van der Waals surface area contributed by atoms with Crippen LogP contribution in [0.4, 0.5) is 10.1 Å². The van der Waals surface area contributed by atoms with Crippen LogP contribution in [0.3, 0.4) is 0 Å². The lowest BCUT2D eigenvalue weighted by Crippen LogP contribution is -2.52. The number of piperazine rings is 1. The van der Waals surface area contributed by atoms with Crippen LogP contribution in [0.5, 0.6) is 0 Å². The van der Waals surface area contributed by atoms with Crippen LogP contribution in [0.1, 0.15) is 22.8 Å². The molecular formula is C23H27FN4O3. The van der Waals surface area contributed by atoms with Gasteiger partial charge in [-0.3, -0.25) is 19.3 Å². The van der Waals surface area contributed by atoms with Crippen molar-refractivity contribution in [1.82, 2.24) is 15.1 Å². The number of benzene rings is 2. The molecule has 0 aromatic heterocycles. The Morgan fingerprint density at radius 1 is 1.00 bits per heavy atom. The zero-order valence-corrected chi connectivity index (χ0v) is 17.6. The molecule has 0 saturated carbocycles. The van der Waals surface area contributed by atoms with Crippen molar-refractivity contribution in [3.05, 3.63) is 65.5 Å². The van der Waals surface area contributed by atoms with Crippen LogP contribution < -0.4 is 10.6 Å². The molecule has 164 valence electrons. The molecule has 0 spiro atoms. The number of nitrogens with zero attached hydrogens (tertiary/aromatic N) is 2. The van der Waals surface area contributed by atoms with Gasteiger partial charge < -0.3 is 15.5 Å². The predicted molar refractivity (Wildman–Crippen MR) is 116 cm³/mol. The van der Waals surface area contributed by atoms with E-state index in [9.17, 15) is 18.8 Å². The molecule has 8 heteroatoms. The summed E-state index contributed by atoms with van der Waals surface area (Å²) in [6, 6.07) is 13.1. The molecular weight excluding hydrogens is 399 g/mol. The SMILES string of the molecule is CCc1ccccc1NC(=O)CN1CCN(C(=O)CNC(=O)c2cccc(F)c2)CC1. The number of carbonyl (C=O) groups excluding carboxylic acids is 3. The van der Waals surface area contributed by atoms with E-state index in [1.165, 1.54) is 18.2 Å². The van der Waals surface area contributed by atoms with E-state index >= 15 is 0 Å². The summed E-state index contributed by atoms with van der Waals surface area (Å²) in [7, 11) is 0. The first-order valence-corrected chi connectivity index (χ1v) is 10.4. The van der Waals surface area contributed by atoms with Gasteiger partial charge in [0.1, 0.15) is 5.82 Å². The standard InChI is InChI=1S/C23H27FN4O3/c1-2-17-6-3-4-9-20(17)26-21(29)16-27-10-12-28(13-11-27)22(30)15-25-23(31)18-7-5-8-19(24)14-18/h3-9,14H,2,10-13,15-16H2,1H3,(H,25,31)(H,26,29). The first-order valence-electron chi connectivity index (χ1n) is 10.4. The first kappa shape index (κ1) is 22.4. The van der Waals surface area contributed by atoms with Crippen LogP contribution in [0.2, 0.25) is 0 Å². The van der Waals surface area contributed by atoms with Gasteiger partial charge in [0.2, 0.25) is 11.8 Å². The Labute approximate surface area is 181 Å². The molecule has 1 aliphatic rings. The normalized spacial score (nSPS) is 14.2. The maximum Gasteiger partial charge on any atom is 0.251 e. The van der Waals surface area contributed by atoms with E-state index in [0.29, 0.717) is 26.2 Å². The van der Waals surface area contributed by atoms with Crippen LogP contribution in [-0.2, 0) is 16.0 Å². The second-order valence-electron chi connectivity index (χ2n) is 7.41. The summed E-state index contributed by atoms with van der Waals surface area (Å²) in [5.74, 6) is -1.28. The summed E-state index contributed by atoms with van der Waals surface area (Å²) >= 11 is 0. The maximum absolute atomic E-state index is 13.2. The highest BCUT2D eigenvalue weighted by Gasteiger charge is 2.23. The van der Waals surface area contributed by atoms with E-state index in [-0.39, 0.29) is 30.5 Å². The summed E-state index contributed by atoms with van der Waals surface area (Å²) < 4.78 is 13.2. The molecule has 31 heavy (non-hydrogen) atoms. The first-order chi connectivity index (χ1) is 15.0. The molecule has 1 aliphatic heterocycles. The lowest BCUT2D eigenvalue weighted by molar-refractivity contribution is -0.132. The molecule has 0 unspecified atom stereocenters. The number of hydrogen-bond acceptors (Lipinski definition) is 4. The number of anilines is 1. The third kappa shape index (κ3) is 6.36. The summed E-state index contributed by atoms with van der Waals surface area (Å²) in [5, 5.41) is 5.49. The number of halogens is 1. The topological polar surface area (TPSA) is 81.8 Å². The molecule has 3 rings (SSSR count). The van der Waals surface area contributed by atoms with Crippen LogP contribution in [0.25, 0.3) is 0 Å². The van der Waals surface area contributed by atoms with Crippen molar-refractivity contribution in [3.63, 3.8) is 0 Å². The van der Waals surface area contributed by atoms with Crippen LogP contribution in [-0.4, -0.2) is 66.8 Å². The molecule has 2 N–H and O–H groups in total. The number of carbonyl (C=O) groups is 3. The van der Waals surface area contributed by atoms with E-state index in [4.69, 9.17) is 0 Å². The minimum absolute atomic E-state index is 0.0805. The summed E-state index contributed by atoms with van der Waals surface area (Å²) in [6.07, 6.45) is 0.840. The van der Waals surface area contributed by atoms with Gasteiger partial charge in [0, 0.05) is 37.4 Å². The summed E-state index contributed by atoms with van der Waals surface area (Å²) in [6.45, 7) is 4.27. The van der Waals surface area contributed by atoms with Gasteiger partial charge in [-0.25, -0.2) is 4.39 Å². The van der Waals surface area contributed by atoms with Crippen molar-refractivity contribution in [2.45, 2.75) is 13.3 Å². The molecule has 1 fully saturated rings. The molecule has 0 atom stereocenters. The zero-order chi connectivity index (χ0) is 22.2. The molecule has 2 aromatic rings. The van der Waals surface area contributed by atoms with Gasteiger partial charge in [0.15, 0.2) is 0 Å². The Hall–Kier alpha value is -3.26. The summed E-state index contributed by atoms with van der Waals surface area (Å²) in [5.41, 5.74) is 2.10. The fourth-order valence-electron chi connectivity index (χ4n) is 3.50. The maximum atomic E-state index is 13.2. The van der Waals surface area contributed by atoms with E-state index in [1.54, 1.807) is 4.90 Å². The average Bonchev–Trinajstić information content (AvgIpc) is 2.78. The molecule has 0 bridgehead atoms. The molecule has 0 aliphatic carbocycles. The van der Waals surface area contributed by atoms with Crippen molar-refractivity contribution < 1.29 is 18.8 Å². The van der Waals surface area contributed by atoms with E-state index in [2.05, 4.69) is 10.6 Å². The molecule has 1 saturated heterocycles. The van der Waals surface area contributed by atoms with Crippen molar-refractivity contribution in [2.24, 2.45) is 0 Å². The Kier molecular flexibility index (Phi) is 7.72.